The maximum atomic E-state index is 13.5. The predicted molar refractivity (Wildman–Crippen MR) is 142 cm³/mol. The third-order valence-electron chi connectivity index (χ3n) is 6.35. The topological polar surface area (TPSA) is 99.6 Å². The summed E-state index contributed by atoms with van der Waals surface area (Å²) in [6, 6.07) is 20.2. The van der Waals surface area contributed by atoms with Crippen LogP contribution in [-0.4, -0.2) is 37.2 Å². The summed E-state index contributed by atoms with van der Waals surface area (Å²) < 4.78 is 65.8. The summed E-state index contributed by atoms with van der Waals surface area (Å²) in [5, 5.41) is 9.97. The van der Waals surface area contributed by atoms with Gasteiger partial charge in [-0.05, 0) is 64.6 Å². The maximum Gasteiger partial charge on any atom is 0.416 e. The maximum absolute atomic E-state index is 13.5. The number of rotatable bonds is 5. The molecule has 3 aromatic carbocycles. The number of halogens is 3. The fourth-order valence-electron chi connectivity index (χ4n) is 4.55. The summed E-state index contributed by atoms with van der Waals surface area (Å²) in [6.45, 7) is 0.226. The first kappa shape index (κ1) is 26.2. The molecule has 1 aliphatic rings. The SMILES string of the molecule is CS(=O)(=O)Nc1nc(N2CCc3cc(-c4ccc(C(F)(F)F)cc4-c4ccccc4)ccc3C2=O)ccc1O. The Kier molecular flexibility index (Phi) is 6.55. The number of carbonyl (C=O) groups is 1. The summed E-state index contributed by atoms with van der Waals surface area (Å²) in [6.07, 6.45) is -3.15. The van der Waals surface area contributed by atoms with Crippen LogP contribution in [0.25, 0.3) is 22.3 Å². The molecule has 0 atom stereocenters. The molecule has 2 heterocycles. The van der Waals surface area contributed by atoms with Gasteiger partial charge in [-0.15, -0.1) is 0 Å². The molecule has 0 aliphatic carbocycles. The van der Waals surface area contributed by atoms with Gasteiger partial charge in [0.15, 0.2) is 11.6 Å². The number of nitrogens with zero attached hydrogens (tertiary/aromatic N) is 2. The molecule has 1 aromatic heterocycles. The van der Waals surface area contributed by atoms with Crippen LogP contribution in [0.5, 0.6) is 5.75 Å². The molecule has 5 rings (SSSR count). The van der Waals surface area contributed by atoms with Crippen molar-refractivity contribution in [3.05, 3.63) is 95.6 Å². The molecule has 0 radical (unpaired) electrons. The Hall–Kier alpha value is -4.38. The van der Waals surface area contributed by atoms with E-state index in [1.807, 2.05) is 0 Å². The first-order valence-electron chi connectivity index (χ1n) is 11.8. The number of fused-ring (bicyclic) bond motifs is 1. The summed E-state index contributed by atoms with van der Waals surface area (Å²) in [5.41, 5.74) is 2.70. The van der Waals surface area contributed by atoms with E-state index in [4.69, 9.17) is 0 Å². The number of hydrogen-bond acceptors (Lipinski definition) is 5. The second-order valence-corrected chi connectivity index (χ2v) is 10.9. The number of carbonyl (C=O) groups excluding carboxylic acids is 1. The highest BCUT2D eigenvalue weighted by atomic mass is 32.2. The number of sulfonamides is 1. The number of anilines is 2. The first-order chi connectivity index (χ1) is 18.4. The average Bonchev–Trinajstić information content (AvgIpc) is 2.89. The molecule has 0 bridgehead atoms. The van der Waals surface area contributed by atoms with Crippen molar-refractivity contribution in [3.63, 3.8) is 0 Å². The number of alkyl halides is 3. The second-order valence-electron chi connectivity index (χ2n) is 9.11. The van der Waals surface area contributed by atoms with E-state index in [-0.39, 0.29) is 29.8 Å². The van der Waals surface area contributed by atoms with E-state index in [1.165, 1.54) is 23.1 Å². The van der Waals surface area contributed by atoms with Gasteiger partial charge in [0.05, 0.1) is 11.8 Å². The molecule has 4 aromatic rings. The van der Waals surface area contributed by atoms with Gasteiger partial charge in [-0.1, -0.05) is 48.5 Å². The lowest BCUT2D eigenvalue weighted by atomic mass is 9.89. The van der Waals surface area contributed by atoms with E-state index in [1.54, 1.807) is 48.5 Å². The van der Waals surface area contributed by atoms with Crippen LogP contribution in [0, 0.1) is 0 Å². The lowest BCUT2D eigenvalue weighted by molar-refractivity contribution is -0.137. The van der Waals surface area contributed by atoms with Crippen molar-refractivity contribution in [3.8, 4) is 28.0 Å². The number of nitrogens with one attached hydrogen (secondary N) is 1. The Bertz CT molecular complexity index is 1690. The highest BCUT2D eigenvalue weighted by molar-refractivity contribution is 7.92. The number of aromatic nitrogens is 1. The van der Waals surface area contributed by atoms with Gasteiger partial charge in [-0.2, -0.15) is 13.2 Å². The lowest BCUT2D eigenvalue weighted by Crippen LogP contribution is -2.38. The van der Waals surface area contributed by atoms with Crippen LogP contribution in [0.4, 0.5) is 24.8 Å². The molecule has 200 valence electrons. The summed E-state index contributed by atoms with van der Waals surface area (Å²) in [7, 11) is -3.71. The Balaban J connectivity index is 1.51. The van der Waals surface area contributed by atoms with Gasteiger partial charge in [-0.25, -0.2) is 13.4 Å². The second kappa shape index (κ2) is 9.73. The van der Waals surface area contributed by atoms with Gasteiger partial charge in [0.2, 0.25) is 10.0 Å². The minimum atomic E-state index is -4.49. The minimum absolute atomic E-state index is 0.160. The molecular formula is C28H22F3N3O4S. The normalized spacial score (nSPS) is 13.7. The van der Waals surface area contributed by atoms with E-state index >= 15 is 0 Å². The van der Waals surface area contributed by atoms with Crippen molar-refractivity contribution >= 4 is 27.6 Å². The molecule has 1 amide bonds. The zero-order valence-electron chi connectivity index (χ0n) is 20.5. The van der Waals surface area contributed by atoms with Crippen molar-refractivity contribution < 1.29 is 31.5 Å². The summed E-state index contributed by atoms with van der Waals surface area (Å²) in [4.78, 5) is 18.8. The van der Waals surface area contributed by atoms with E-state index in [0.29, 0.717) is 34.2 Å². The molecule has 0 unspecified atom stereocenters. The van der Waals surface area contributed by atoms with E-state index in [2.05, 4.69) is 9.71 Å². The van der Waals surface area contributed by atoms with Gasteiger partial charge in [0.1, 0.15) is 5.82 Å². The number of amides is 1. The molecule has 0 spiro atoms. The molecule has 0 saturated heterocycles. The van der Waals surface area contributed by atoms with Crippen LogP contribution >= 0.6 is 0 Å². The first-order valence-corrected chi connectivity index (χ1v) is 13.7. The van der Waals surface area contributed by atoms with Crippen molar-refractivity contribution in [1.29, 1.82) is 0 Å². The molecule has 2 N–H and O–H groups in total. The minimum Gasteiger partial charge on any atom is -0.504 e. The standard InChI is InChI=1S/C28H22F3N3O4S/c1-39(37,38)33-26-24(35)11-12-25(32-26)34-14-13-19-15-18(7-9-22(19)27(34)36)21-10-8-20(28(29,30)31)16-23(21)17-5-3-2-4-6-17/h2-12,15-16,35H,13-14H2,1H3,(H,32,33). The number of aromatic hydroxyl groups is 1. The van der Waals surface area contributed by atoms with Gasteiger partial charge in [0, 0.05) is 12.1 Å². The Morgan fingerprint density at radius 2 is 1.62 bits per heavy atom. The molecule has 1 aliphatic heterocycles. The molecule has 39 heavy (non-hydrogen) atoms. The Labute approximate surface area is 222 Å². The highest BCUT2D eigenvalue weighted by Gasteiger charge is 2.32. The average molecular weight is 554 g/mol. The monoisotopic (exact) mass is 553 g/mol. The largest absolute Gasteiger partial charge is 0.504 e. The summed E-state index contributed by atoms with van der Waals surface area (Å²) in [5.74, 6) is -0.890. The van der Waals surface area contributed by atoms with Crippen LogP contribution in [-0.2, 0) is 22.6 Å². The molecule has 0 fully saturated rings. The fourth-order valence-corrected chi connectivity index (χ4v) is 5.05. The molecule has 11 heteroatoms. The number of benzene rings is 3. The Morgan fingerprint density at radius 3 is 2.31 bits per heavy atom. The zero-order valence-corrected chi connectivity index (χ0v) is 21.3. The van der Waals surface area contributed by atoms with Crippen molar-refractivity contribution in [1.82, 2.24) is 4.98 Å². The van der Waals surface area contributed by atoms with Crippen molar-refractivity contribution in [2.75, 3.05) is 22.4 Å². The number of pyridine rings is 1. The van der Waals surface area contributed by atoms with Crippen molar-refractivity contribution in [2.24, 2.45) is 0 Å². The van der Waals surface area contributed by atoms with Gasteiger partial charge >= 0.3 is 6.18 Å². The third kappa shape index (κ3) is 5.44. The summed E-state index contributed by atoms with van der Waals surface area (Å²) >= 11 is 0. The van der Waals surface area contributed by atoms with Crippen LogP contribution in [0.2, 0.25) is 0 Å². The van der Waals surface area contributed by atoms with Gasteiger partial charge in [0.25, 0.3) is 5.91 Å². The smallest absolute Gasteiger partial charge is 0.416 e. The van der Waals surface area contributed by atoms with Crippen LogP contribution < -0.4 is 9.62 Å². The van der Waals surface area contributed by atoms with Crippen molar-refractivity contribution in [2.45, 2.75) is 12.6 Å². The number of hydrogen-bond donors (Lipinski definition) is 2. The zero-order chi connectivity index (χ0) is 27.9. The lowest BCUT2D eigenvalue weighted by Gasteiger charge is -2.28. The quantitative estimate of drug-likeness (QED) is 0.330. The van der Waals surface area contributed by atoms with E-state index in [9.17, 15) is 31.5 Å². The highest BCUT2D eigenvalue weighted by Crippen LogP contribution is 2.39. The fraction of sp³-hybridized carbons (Fsp3) is 0.143. The van der Waals surface area contributed by atoms with Crippen LogP contribution in [0.15, 0.2) is 78.9 Å². The van der Waals surface area contributed by atoms with Gasteiger partial charge < -0.3 is 5.11 Å². The molecule has 7 nitrogen and oxygen atoms in total. The van der Waals surface area contributed by atoms with Crippen LogP contribution in [0.1, 0.15) is 21.5 Å². The molecular weight excluding hydrogens is 531 g/mol. The molecule has 0 saturated carbocycles. The van der Waals surface area contributed by atoms with E-state index in [0.717, 1.165) is 24.0 Å². The van der Waals surface area contributed by atoms with Gasteiger partial charge in [-0.3, -0.25) is 14.4 Å². The predicted octanol–water partition coefficient (Wildman–Crippen LogP) is 5.71. The third-order valence-corrected chi connectivity index (χ3v) is 6.91. The Morgan fingerprint density at radius 1 is 0.897 bits per heavy atom. The van der Waals surface area contributed by atoms with E-state index < -0.39 is 21.8 Å². The van der Waals surface area contributed by atoms with Crippen LogP contribution in [0.3, 0.4) is 0 Å².